The third-order valence-corrected chi connectivity index (χ3v) is 5.07. The van der Waals surface area contributed by atoms with Crippen LogP contribution in [0.4, 0.5) is 5.13 Å². The van der Waals surface area contributed by atoms with Crippen molar-refractivity contribution in [1.29, 1.82) is 0 Å². The van der Waals surface area contributed by atoms with Crippen molar-refractivity contribution in [2.75, 3.05) is 11.9 Å². The number of thioether (sulfide) groups is 1. The van der Waals surface area contributed by atoms with Gasteiger partial charge in [0.1, 0.15) is 0 Å². The van der Waals surface area contributed by atoms with Gasteiger partial charge in [-0.1, -0.05) is 18.7 Å². The van der Waals surface area contributed by atoms with E-state index in [9.17, 15) is 0 Å². The van der Waals surface area contributed by atoms with Gasteiger partial charge in [-0.2, -0.15) is 0 Å². The first-order chi connectivity index (χ1) is 9.60. The lowest BCUT2D eigenvalue weighted by Gasteiger charge is -2.05. The molecule has 0 unspecified atom stereocenters. The fourth-order valence-corrected chi connectivity index (χ4v) is 3.42. The Morgan fingerprint density at radius 1 is 1.20 bits per heavy atom. The predicted octanol–water partition coefficient (Wildman–Crippen LogP) is 3.97. The molecule has 0 fully saturated rings. The third-order valence-electron chi connectivity index (χ3n) is 3.04. The Morgan fingerprint density at radius 3 is 2.55 bits per heavy atom. The summed E-state index contributed by atoms with van der Waals surface area (Å²) in [5.74, 6) is 0.868. The monoisotopic (exact) mass is 308 g/mol. The van der Waals surface area contributed by atoms with Crippen molar-refractivity contribution < 1.29 is 0 Å². The Hall–Kier alpha value is -1.14. The summed E-state index contributed by atoms with van der Waals surface area (Å²) < 4.78 is 0. The third kappa shape index (κ3) is 3.93. The predicted molar refractivity (Wildman–Crippen MR) is 86.7 cm³/mol. The van der Waals surface area contributed by atoms with Gasteiger partial charge in [0.25, 0.3) is 0 Å². The average molecular weight is 308 g/mol. The van der Waals surface area contributed by atoms with Crippen LogP contribution in [-0.2, 0) is 5.75 Å². The number of aryl methyl sites for hydroxylation is 2. The smallest absolute Gasteiger partial charge is 0.188 e. The van der Waals surface area contributed by atoms with E-state index in [1.54, 1.807) is 23.1 Å². The molecule has 0 aromatic carbocycles. The lowest BCUT2D eigenvalue weighted by atomic mass is 10.2. The Labute approximate surface area is 128 Å². The van der Waals surface area contributed by atoms with Gasteiger partial charge in [0.05, 0.1) is 0 Å². The maximum absolute atomic E-state index is 4.53. The summed E-state index contributed by atoms with van der Waals surface area (Å²) in [7, 11) is 0. The zero-order valence-electron chi connectivity index (χ0n) is 12.4. The van der Waals surface area contributed by atoms with Crippen LogP contribution in [-0.4, -0.2) is 21.5 Å². The zero-order chi connectivity index (χ0) is 14.5. The molecule has 2 rings (SSSR count). The summed E-state index contributed by atoms with van der Waals surface area (Å²) >= 11 is 3.37. The minimum absolute atomic E-state index is 0.849. The molecule has 0 aliphatic heterocycles. The van der Waals surface area contributed by atoms with Gasteiger partial charge >= 0.3 is 0 Å². The molecule has 108 valence electrons. The van der Waals surface area contributed by atoms with Crippen LogP contribution in [0.3, 0.4) is 0 Å². The van der Waals surface area contributed by atoms with E-state index < -0.39 is 0 Å². The van der Waals surface area contributed by atoms with Crippen molar-refractivity contribution in [3.8, 4) is 0 Å². The highest BCUT2D eigenvalue weighted by atomic mass is 32.2. The lowest BCUT2D eigenvalue weighted by Crippen LogP contribution is -1.98. The van der Waals surface area contributed by atoms with E-state index in [2.05, 4.69) is 34.1 Å². The average Bonchev–Trinajstić information content (AvgIpc) is 2.88. The van der Waals surface area contributed by atoms with Gasteiger partial charge in [-0.05, 0) is 32.8 Å². The maximum Gasteiger partial charge on any atom is 0.188 e. The first kappa shape index (κ1) is 15.3. The van der Waals surface area contributed by atoms with Gasteiger partial charge < -0.3 is 5.32 Å². The molecule has 2 heterocycles. The van der Waals surface area contributed by atoms with E-state index in [1.165, 1.54) is 10.4 Å². The summed E-state index contributed by atoms with van der Waals surface area (Å²) in [6.45, 7) is 9.26. The number of rotatable bonds is 6. The van der Waals surface area contributed by atoms with Gasteiger partial charge in [-0.15, -0.1) is 11.3 Å². The van der Waals surface area contributed by atoms with Crippen LogP contribution in [0.1, 0.15) is 35.2 Å². The summed E-state index contributed by atoms with van der Waals surface area (Å²) in [6, 6.07) is 0. The quantitative estimate of drug-likeness (QED) is 0.646. The number of hydrogen-bond donors (Lipinski definition) is 1. The molecule has 0 spiro atoms. The van der Waals surface area contributed by atoms with Crippen molar-refractivity contribution in [2.45, 2.75) is 45.0 Å². The second kappa shape index (κ2) is 7.04. The lowest BCUT2D eigenvalue weighted by molar-refractivity contribution is 0.881. The molecule has 0 aliphatic rings. The summed E-state index contributed by atoms with van der Waals surface area (Å²) in [5, 5.41) is 5.15. The van der Waals surface area contributed by atoms with Gasteiger partial charge in [0.15, 0.2) is 10.3 Å². The molecule has 0 bridgehead atoms. The van der Waals surface area contributed by atoms with Crippen LogP contribution in [0.5, 0.6) is 0 Å². The Morgan fingerprint density at radius 2 is 1.90 bits per heavy atom. The molecule has 0 atom stereocenters. The van der Waals surface area contributed by atoms with Gasteiger partial charge in [0.2, 0.25) is 0 Å². The first-order valence-corrected chi connectivity index (χ1v) is 8.53. The van der Waals surface area contributed by atoms with Crippen molar-refractivity contribution in [2.24, 2.45) is 0 Å². The van der Waals surface area contributed by atoms with E-state index in [-0.39, 0.29) is 0 Å². The number of hydrogen-bond acceptors (Lipinski definition) is 6. The van der Waals surface area contributed by atoms with Crippen LogP contribution in [0.25, 0.3) is 0 Å². The molecule has 0 saturated heterocycles. The highest BCUT2D eigenvalue weighted by Crippen LogP contribution is 2.26. The maximum atomic E-state index is 4.53. The molecular formula is C14H20N4S2. The number of aromatic nitrogens is 3. The molecule has 0 radical (unpaired) electrons. The standard InChI is InChI=1S/C14H20N4S2/c1-5-6-15-13-16-7-12(20-13)8-19-14-17-10(3)9(2)11(4)18-14/h7H,5-6,8H2,1-4H3,(H,15,16). The highest BCUT2D eigenvalue weighted by Gasteiger charge is 2.07. The van der Waals surface area contributed by atoms with Crippen LogP contribution < -0.4 is 5.32 Å². The van der Waals surface area contributed by atoms with E-state index in [1.807, 2.05) is 20.0 Å². The Bertz CT molecular complexity index is 557. The normalized spacial score (nSPS) is 10.8. The number of nitrogens with one attached hydrogen (secondary N) is 1. The highest BCUT2D eigenvalue weighted by molar-refractivity contribution is 7.98. The fourth-order valence-electron chi connectivity index (χ4n) is 1.63. The molecule has 4 nitrogen and oxygen atoms in total. The van der Waals surface area contributed by atoms with Crippen molar-refractivity contribution in [1.82, 2.24) is 15.0 Å². The van der Waals surface area contributed by atoms with Gasteiger partial charge in [-0.25, -0.2) is 15.0 Å². The second-order valence-electron chi connectivity index (χ2n) is 4.65. The summed E-state index contributed by atoms with van der Waals surface area (Å²) in [4.78, 5) is 14.7. The fraction of sp³-hybridized carbons (Fsp3) is 0.500. The molecule has 0 aliphatic carbocycles. The molecule has 2 aromatic heterocycles. The molecule has 0 saturated carbocycles. The SMILES string of the molecule is CCCNc1ncc(CSc2nc(C)c(C)c(C)n2)s1. The van der Waals surface area contributed by atoms with E-state index in [0.717, 1.165) is 40.4 Å². The van der Waals surface area contributed by atoms with E-state index >= 15 is 0 Å². The van der Waals surface area contributed by atoms with Crippen molar-refractivity contribution >= 4 is 28.2 Å². The van der Waals surface area contributed by atoms with E-state index in [4.69, 9.17) is 0 Å². The Kier molecular flexibility index (Phi) is 5.37. The molecule has 0 amide bonds. The van der Waals surface area contributed by atoms with Crippen LogP contribution in [0, 0.1) is 20.8 Å². The van der Waals surface area contributed by atoms with Crippen LogP contribution in [0.15, 0.2) is 11.4 Å². The number of anilines is 1. The topological polar surface area (TPSA) is 50.7 Å². The summed E-state index contributed by atoms with van der Waals surface area (Å²) in [6.07, 6.45) is 3.04. The minimum Gasteiger partial charge on any atom is -0.362 e. The second-order valence-corrected chi connectivity index (χ2v) is 6.71. The first-order valence-electron chi connectivity index (χ1n) is 6.73. The molecule has 1 N–H and O–H groups in total. The molecule has 20 heavy (non-hydrogen) atoms. The summed E-state index contributed by atoms with van der Waals surface area (Å²) in [5.41, 5.74) is 3.31. The van der Waals surface area contributed by atoms with Gasteiger partial charge in [0, 0.05) is 34.8 Å². The number of nitrogens with zero attached hydrogens (tertiary/aromatic N) is 3. The van der Waals surface area contributed by atoms with Crippen molar-refractivity contribution in [3.63, 3.8) is 0 Å². The van der Waals surface area contributed by atoms with E-state index in [0.29, 0.717) is 0 Å². The molecular weight excluding hydrogens is 288 g/mol. The largest absolute Gasteiger partial charge is 0.362 e. The van der Waals surface area contributed by atoms with Crippen LogP contribution in [0.2, 0.25) is 0 Å². The minimum atomic E-state index is 0.849. The van der Waals surface area contributed by atoms with Gasteiger partial charge in [-0.3, -0.25) is 0 Å². The molecule has 2 aromatic rings. The zero-order valence-corrected chi connectivity index (χ0v) is 14.0. The Balaban J connectivity index is 1.96. The molecule has 6 heteroatoms. The van der Waals surface area contributed by atoms with Crippen LogP contribution >= 0.6 is 23.1 Å². The number of thiazole rings is 1. The van der Waals surface area contributed by atoms with Crippen molar-refractivity contribution in [3.05, 3.63) is 28.0 Å².